The number of thiophene rings is 1. The zero-order valence-corrected chi connectivity index (χ0v) is 11.9. The zero-order valence-electron chi connectivity index (χ0n) is 11.1. The van der Waals surface area contributed by atoms with E-state index in [1.807, 2.05) is 12.1 Å². The van der Waals surface area contributed by atoms with Crippen molar-refractivity contribution in [1.82, 2.24) is 0 Å². The largest absolute Gasteiger partial charge is 0.345 e. The van der Waals surface area contributed by atoms with Crippen LogP contribution in [-0.4, -0.2) is 19.0 Å². The number of ether oxygens (including phenoxy) is 2. The second kappa shape index (κ2) is 6.16. The van der Waals surface area contributed by atoms with Gasteiger partial charge in [-0.25, -0.2) is 0 Å². The fourth-order valence-electron chi connectivity index (χ4n) is 2.91. The molecule has 0 unspecified atom stereocenters. The minimum absolute atomic E-state index is 0.249. The van der Waals surface area contributed by atoms with Gasteiger partial charge in [-0.2, -0.15) is 0 Å². The number of carbonyl (C=O) groups excluding carboxylic acids is 1. The summed E-state index contributed by atoms with van der Waals surface area (Å²) in [5.74, 6) is 0.895. The molecular formula is C15H20O3S. The van der Waals surface area contributed by atoms with Crippen LogP contribution in [0.2, 0.25) is 0 Å². The van der Waals surface area contributed by atoms with Gasteiger partial charge in [0.1, 0.15) is 0 Å². The van der Waals surface area contributed by atoms with E-state index < -0.39 is 0 Å². The van der Waals surface area contributed by atoms with Gasteiger partial charge in [-0.1, -0.05) is 32.1 Å². The van der Waals surface area contributed by atoms with E-state index >= 15 is 0 Å². The van der Waals surface area contributed by atoms with E-state index in [1.54, 1.807) is 0 Å². The molecule has 0 bridgehead atoms. The Morgan fingerprint density at radius 2 is 1.89 bits per heavy atom. The number of carbonyl (C=O) groups is 1. The van der Waals surface area contributed by atoms with Crippen LogP contribution in [0.4, 0.5) is 0 Å². The van der Waals surface area contributed by atoms with Crippen LogP contribution in [0.15, 0.2) is 12.1 Å². The van der Waals surface area contributed by atoms with E-state index in [-0.39, 0.29) is 6.29 Å². The minimum atomic E-state index is -0.249. The average molecular weight is 280 g/mol. The Morgan fingerprint density at radius 3 is 2.63 bits per heavy atom. The SMILES string of the molecule is O=C(CC1CCCCC1)c1ccc(C2OCCO2)s1. The Balaban J connectivity index is 1.59. The molecule has 4 heteroatoms. The highest BCUT2D eigenvalue weighted by Gasteiger charge is 2.23. The van der Waals surface area contributed by atoms with Gasteiger partial charge < -0.3 is 9.47 Å². The molecule has 104 valence electrons. The molecule has 1 aromatic rings. The summed E-state index contributed by atoms with van der Waals surface area (Å²) >= 11 is 1.53. The molecule has 1 aliphatic heterocycles. The molecule has 0 N–H and O–H groups in total. The molecule has 1 saturated carbocycles. The molecule has 2 fully saturated rings. The summed E-state index contributed by atoms with van der Waals surface area (Å²) in [4.78, 5) is 14.1. The standard InChI is InChI=1S/C15H20O3S/c16-12(10-11-4-2-1-3-5-11)13-6-7-14(19-13)15-17-8-9-18-15/h6-7,11,15H,1-5,8-10H2. The number of ketones is 1. The number of rotatable bonds is 4. The van der Waals surface area contributed by atoms with Crippen LogP contribution in [0.1, 0.15) is 59.4 Å². The first kappa shape index (κ1) is 13.3. The minimum Gasteiger partial charge on any atom is -0.345 e. The summed E-state index contributed by atoms with van der Waals surface area (Å²) in [5, 5.41) is 0. The molecule has 1 saturated heterocycles. The highest BCUT2D eigenvalue weighted by Crippen LogP contribution is 2.32. The highest BCUT2D eigenvalue weighted by atomic mass is 32.1. The summed E-state index contributed by atoms with van der Waals surface area (Å²) in [7, 11) is 0. The maximum Gasteiger partial charge on any atom is 0.193 e. The van der Waals surface area contributed by atoms with Gasteiger partial charge in [-0.3, -0.25) is 4.79 Å². The molecule has 19 heavy (non-hydrogen) atoms. The number of hydrogen-bond acceptors (Lipinski definition) is 4. The Kier molecular flexibility index (Phi) is 4.31. The molecule has 3 rings (SSSR count). The van der Waals surface area contributed by atoms with Crippen LogP contribution in [0.25, 0.3) is 0 Å². The van der Waals surface area contributed by atoms with Crippen molar-refractivity contribution < 1.29 is 14.3 Å². The molecule has 0 radical (unpaired) electrons. The number of hydrogen-bond donors (Lipinski definition) is 0. The van der Waals surface area contributed by atoms with E-state index in [0.29, 0.717) is 31.3 Å². The first-order chi connectivity index (χ1) is 9.33. The molecule has 2 aliphatic rings. The van der Waals surface area contributed by atoms with Crippen molar-refractivity contribution in [2.75, 3.05) is 13.2 Å². The van der Waals surface area contributed by atoms with Gasteiger partial charge in [0.15, 0.2) is 12.1 Å². The smallest absolute Gasteiger partial charge is 0.193 e. The fourth-order valence-corrected chi connectivity index (χ4v) is 3.86. The quantitative estimate of drug-likeness (QED) is 0.783. The van der Waals surface area contributed by atoms with Crippen molar-refractivity contribution in [3.63, 3.8) is 0 Å². The monoisotopic (exact) mass is 280 g/mol. The predicted molar refractivity (Wildman–Crippen MR) is 74.5 cm³/mol. The molecule has 0 spiro atoms. The lowest BCUT2D eigenvalue weighted by atomic mass is 9.85. The lowest BCUT2D eigenvalue weighted by Gasteiger charge is -2.20. The van der Waals surface area contributed by atoms with E-state index in [1.165, 1.54) is 43.4 Å². The van der Waals surface area contributed by atoms with Crippen LogP contribution in [-0.2, 0) is 9.47 Å². The Morgan fingerprint density at radius 1 is 1.16 bits per heavy atom. The maximum atomic E-state index is 12.3. The summed E-state index contributed by atoms with van der Waals surface area (Å²) in [5.41, 5.74) is 0. The maximum absolute atomic E-state index is 12.3. The van der Waals surface area contributed by atoms with Gasteiger partial charge in [0, 0.05) is 6.42 Å². The van der Waals surface area contributed by atoms with E-state index in [0.717, 1.165) is 9.75 Å². The van der Waals surface area contributed by atoms with Gasteiger partial charge in [-0.15, -0.1) is 11.3 Å². The normalized spacial score (nSPS) is 21.9. The molecule has 0 atom stereocenters. The van der Waals surface area contributed by atoms with Gasteiger partial charge >= 0.3 is 0 Å². The molecule has 3 nitrogen and oxygen atoms in total. The van der Waals surface area contributed by atoms with Crippen molar-refractivity contribution in [1.29, 1.82) is 0 Å². The van der Waals surface area contributed by atoms with Gasteiger partial charge in [-0.05, 0) is 18.1 Å². The fraction of sp³-hybridized carbons (Fsp3) is 0.667. The molecule has 1 aromatic heterocycles. The molecular weight excluding hydrogens is 260 g/mol. The third kappa shape index (κ3) is 3.25. The summed E-state index contributed by atoms with van der Waals surface area (Å²) in [6, 6.07) is 3.89. The molecule has 2 heterocycles. The third-order valence-corrected chi connectivity index (χ3v) is 5.10. The van der Waals surface area contributed by atoms with Crippen LogP contribution >= 0.6 is 11.3 Å². The zero-order chi connectivity index (χ0) is 13.1. The van der Waals surface area contributed by atoms with Crippen LogP contribution in [0, 0.1) is 5.92 Å². The van der Waals surface area contributed by atoms with Crippen LogP contribution < -0.4 is 0 Å². The lowest BCUT2D eigenvalue weighted by Crippen LogP contribution is -2.11. The first-order valence-electron chi connectivity index (χ1n) is 7.19. The predicted octanol–water partition coefficient (Wildman–Crippen LogP) is 3.95. The molecule has 0 aromatic carbocycles. The lowest BCUT2D eigenvalue weighted by molar-refractivity contribution is -0.0413. The summed E-state index contributed by atoms with van der Waals surface area (Å²) < 4.78 is 10.9. The van der Waals surface area contributed by atoms with E-state index in [9.17, 15) is 4.79 Å². The Hall–Kier alpha value is -0.710. The topological polar surface area (TPSA) is 35.5 Å². The highest BCUT2D eigenvalue weighted by molar-refractivity contribution is 7.14. The second-order valence-electron chi connectivity index (χ2n) is 5.41. The van der Waals surface area contributed by atoms with Gasteiger partial charge in [0.25, 0.3) is 0 Å². The average Bonchev–Trinajstić information content (AvgIpc) is 3.11. The second-order valence-corrected chi connectivity index (χ2v) is 6.52. The van der Waals surface area contributed by atoms with Crippen molar-refractivity contribution in [3.8, 4) is 0 Å². The van der Waals surface area contributed by atoms with E-state index in [4.69, 9.17) is 9.47 Å². The number of Topliss-reactive ketones (excluding diaryl/α,β-unsaturated/α-hetero) is 1. The summed E-state index contributed by atoms with van der Waals surface area (Å²) in [6.45, 7) is 1.29. The van der Waals surface area contributed by atoms with Gasteiger partial charge in [0.2, 0.25) is 0 Å². The van der Waals surface area contributed by atoms with E-state index in [2.05, 4.69) is 0 Å². The Bertz CT molecular complexity index is 428. The Labute approximate surface area is 117 Å². The summed E-state index contributed by atoms with van der Waals surface area (Å²) in [6.07, 6.45) is 6.82. The third-order valence-electron chi connectivity index (χ3n) is 3.95. The van der Waals surface area contributed by atoms with Gasteiger partial charge in [0.05, 0.1) is 23.0 Å². The van der Waals surface area contributed by atoms with Crippen molar-refractivity contribution >= 4 is 17.1 Å². The van der Waals surface area contributed by atoms with Crippen molar-refractivity contribution in [2.45, 2.75) is 44.8 Å². The van der Waals surface area contributed by atoms with Crippen LogP contribution in [0.3, 0.4) is 0 Å². The van der Waals surface area contributed by atoms with Crippen molar-refractivity contribution in [3.05, 3.63) is 21.9 Å². The first-order valence-corrected chi connectivity index (χ1v) is 8.01. The van der Waals surface area contributed by atoms with Crippen molar-refractivity contribution in [2.24, 2.45) is 5.92 Å². The molecule has 1 aliphatic carbocycles. The molecule has 0 amide bonds. The van der Waals surface area contributed by atoms with Crippen LogP contribution in [0.5, 0.6) is 0 Å².